The predicted octanol–water partition coefficient (Wildman–Crippen LogP) is 10.7. The van der Waals surface area contributed by atoms with Crippen LogP contribution in [0.4, 0.5) is 21.5 Å². The number of unbranched alkanes of at least 4 members (excludes halogenated alkanes) is 7. The van der Waals surface area contributed by atoms with Gasteiger partial charge in [-0.05, 0) is 72.6 Å². The van der Waals surface area contributed by atoms with E-state index in [-0.39, 0.29) is 5.82 Å². The third kappa shape index (κ3) is 8.34. The zero-order chi connectivity index (χ0) is 26.4. The van der Waals surface area contributed by atoms with Crippen molar-refractivity contribution in [2.75, 3.05) is 6.61 Å². The average molecular weight is 510 g/mol. The first kappa shape index (κ1) is 27.2. The summed E-state index contributed by atoms with van der Waals surface area (Å²) in [5.41, 5.74) is 3.20. The molecule has 4 aromatic carbocycles. The first-order valence-corrected chi connectivity index (χ1v) is 13.7. The van der Waals surface area contributed by atoms with Gasteiger partial charge in [0.15, 0.2) is 0 Å². The normalized spacial score (nSPS) is 11.6. The molecular formula is C33H36FN3O. The Morgan fingerprint density at radius 2 is 1.29 bits per heavy atom. The van der Waals surface area contributed by atoms with E-state index in [0.29, 0.717) is 5.69 Å². The summed E-state index contributed by atoms with van der Waals surface area (Å²) in [5.74, 6) is 0.601. The van der Waals surface area contributed by atoms with Crippen LogP contribution in [0.5, 0.6) is 5.75 Å². The maximum absolute atomic E-state index is 13.1. The fraction of sp³-hybridized carbons (Fsp3) is 0.303. The molecule has 0 unspecified atom stereocenters. The zero-order valence-corrected chi connectivity index (χ0v) is 22.2. The molecule has 0 atom stereocenters. The molecule has 196 valence electrons. The van der Waals surface area contributed by atoms with Crippen molar-refractivity contribution in [3.63, 3.8) is 0 Å². The number of fused-ring (bicyclic) bond motifs is 1. The van der Waals surface area contributed by atoms with Gasteiger partial charge in [-0.15, -0.1) is 5.11 Å². The first-order valence-electron chi connectivity index (χ1n) is 13.7. The maximum Gasteiger partial charge on any atom is 0.123 e. The number of hydrogen-bond acceptors (Lipinski definition) is 4. The molecular weight excluding hydrogens is 473 g/mol. The molecule has 0 fully saturated rings. The van der Waals surface area contributed by atoms with Gasteiger partial charge >= 0.3 is 0 Å². The Kier molecular flexibility index (Phi) is 10.6. The first-order chi connectivity index (χ1) is 18.7. The lowest BCUT2D eigenvalue weighted by atomic mass is 10.1. The molecule has 0 radical (unpaired) electrons. The lowest BCUT2D eigenvalue weighted by Crippen LogP contribution is -1.97. The van der Waals surface area contributed by atoms with Crippen LogP contribution in [-0.4, -0.2) is 12.8 Å². The summed E-state index contributed by atoms with van der Waals surface area (Å²) in [4.78, 5) is 4.75. The fourth-order valence-corrected chi connectivity index (χ4v) is 4.31. The van der Waals surface area contributed by atoms with E-state index in [4.69, 9.17) is 9.73 Å². The molecule has 5 heteroatoms. The molecule has 4 aromatic rings. The molecule has 0 bridgehead atoms. The van der Waals surface area contributed by atoms with Crippen LogP contribution in [0.25, 0.3) is 10.8 Å². The van der Waals surface area contributed by atoms with E-state index in [0.717, 1.165) is 46.5 Å². The minimum Gasteiger partial charge on any atom is -0.494 e. The molecule has 0 saturated carbocycles. The predicted molar refractivity (Wildman–Crippen MR) is 156 cm³/mol. The SMILES string of the molecule is CCCCCCCCCCOc1ccc(C=Nc2ccc(N=Nc3ccc(F)cc3)c3ccccc23)cc1. The van der Waals surface area contributed by atoms with Gasteiger partial charge in [0.25, 0.3) is 0 Å². The topological polar surface area (TPSA) is 46.3 Å². The van der Waals surface area contributed by atoms with Gasteiger partial charge in [0, 0.05) is 17.0 Å². The highest BCUT2D eigenvalue weighted by Gasteiger charge is 2.05. The molecule has 0 saturated heterocycles. The quantitative estimate of drug-likeness (QED) is 0.0947. The molecule has 4 rings (SSSR count). The number of azo groups is 1. The summed E-state index contributed by atoms with van der Waals surface area (Å²) in [7, 11) is 0. The van der Waals surface area contributed by atoms with Crippen LogP contribution in [-0.2, 0) is 0 Å². The van der Waals surface area contributed by atoms with Crippen LogP contribution in [0, 0.1) is 5.82 Å². The van der Waals surface area contributed by atoms with E-state index in [1.54, 1.807) is 12.1 Å². The van der Waals surface area contributed by atoms with Crippen molar-refractivity contribution in [2.24, 2.45) is 15.2 Å². The van der Waals surface area contributed by atoms with Crippen molar-refractivity contribution in [3.8, 4) is 5.75 Å². The third-order valence-corrected chi connectivity index (χ3v) is 6.48. The van der Waals surface area contributed by atoms with E-state index in [9.17, 15) is 4.39 Å². The molecule has 0 aliphatic carbocycles. The largest absolute Gasteiger partial charge is 0.494 e. The summed E-state index contributed by atoms with van der Waals surface area (Å²) in [6.45, 7) is 3.02. The molecule has 0 aromatic heterocycles. The maximum atomic E-state index is 13.1. The Morgan fingerprint density at radius 1 is 0.658 bits per heavy atom. The standard InChI is InChI=1S/C33H36FN3O/c1-2-3-4-5-6-7-8-11-24-38-29-20-14-26(15-21-29)25-35-32-22-23-33(31-13-10-9-12-30(31)32)37-36-28-18-16-27(34)17-19-28/h9-10,12-23,25H,2-8,11,24H2,1H3. The monoisotopic (exact) mass is 509 g/mol. The highest BCUT2D eigenvalue weighted by molar-refractivity contribution is 6.01. The third-order valence-electron chi connectivity index (χ3n) is 6.48. The zero-order valence-electron chi connectivity index (χ0n) is 22.2. The lowest BCUT2D eigenvalue weighted by Gasteiger charge is -2.07. The van der Waals surface area contributed by atoms with Crippen molar-refractivity contribution in [3.05, 3.63) is 96.3 Å². The van der Waals surface area contributed by atoms with Gasteiger partial charge in [-0.2, -0.15) is 5.11 Å². The number of halogens is 1. The fourth-order valence-electron chi connectivity index (χ4n) is 4.31. The number of aliphatic imine (C=N–C) groups is 1. The van der Waals surface area contributed by atoms with Crippen LogP contribution >= 0.6 is 0 Å². The minimum atomic E-state index is -0.294. The number of benzene rings is 4. The second-order valence-electron chi connectivity index (χ2n) is 9.48. The lowest BCUT2D eigenvalue weighted by molar-refractivity contribution is 0.304. The van der Waals surface area contributed by atoms with Gasteiger partial charge in [0.05, 0.1) is 23.7 Å². The van der Waals surface area contributed by atoms with Crippen LogP contribution < -0.4 is 4.74 Å². The van der Waals surface area contributed by atoms with E-state index in [2.05, 4.69) is 17.2 Å². The molecule has 0 heterocycles. The highest BCUT2D eigenvalue weighted by atomic mass is 19.1. The summed E-state index contributed by atoms with van der Waals surface area (Å²) >= 11 is 0. The Bertz CT molecular complexity index is 1330. The summed E-state index contributed by atoms with van der Waals surface area (Å²) in [6.07, 6.45) is 12.2. The molecule has 4 nitrogen and oxygen atoms in total. The Morgan fingerprint density at radius 3 is 2.00 bits per heavy atom. The van der Waals surface area contributed by atoms with Gasteiger partial charge in [0.2, 0.25) is 0 Å². The van der Waals surface area contributed by atoms with E-state index in [1.807, 2.05) is 66.9 Å². The summed E-state index contributed by atoms with van der Waals surface area (Å²) in [5, 5.41) is 10.6. The van der Waals surface area contributed by atoms with E-state index < -0.39 is 0 Å². The van der Waals surface area contributed by atoms with E-state index in [1.165, 1.54) is 57.1 Å². The van der Waals surface area contributed by atoms with E-state index >= 15 is 0 Å². The van der Waals surface area contributed by atoms with Gasteiger partial charge in [-0.25, -0.2) is 4.39 Å². The molecule has 0 N–H and O–H groups in total. The number of ether oxygens (including phenoxy) is 1. The second kappa shape index (κ2) is 14.8. The second-order valence-corrected chi connectivity index (χ2v) is 9.48. The molecule has 0 spiro atoms. The van der Waals surface area contributed by atoms with Crippen molar-refractivity contribution >= 4 is 34.0 Å². The van der Waals surface area contributed by atoms with Crippen LogP contribution in [0.15, 0.2) is 100 Å². The molecule has 0 amide bonds. The summed E-state index contributed by atoms with van der Waals surface area (Å²) < 4.78 is 19.1. The van der Waals surface area contributed by atoms with Crippen molar-refractivity contribution in [1.82, 2.24) is 0 Å². The molecule has 38 heavy (non-hydrogen) atoms. The number of hydrogen-bond donors (Lipinski definition) is 0. The van der Waals surface area contributed by atoms with Gasteiger partial charge < -0.3 is 4.74 Å². The van der Waals surface area contributed by atoms with Crippen LogP contribution in [0.3, 0.4) is 0 Å². The Balaban J connectivity index is 1.32. The Labute approximate surface area is 225 Å². The van der Waals surface area contributed by atoms with Crippen molar-refractivity contribution < 1.29 is 9.13 Å². The van der Waals surface area contributed by atoms with Crippen molar-refractivity contribution in [1.29, 1.82) is 0 Å². The van der Waals surface area contributed by atoms with Crippen molar-refractivity contribution in [2.45, 2.75) is 58.3 Å². The van der Waals surface area contributed by atoms with Gasteiger partial charge in [-0.1, -0.05) is 76.1 Å². The molecule has 0 aliphatic heterocycles. The Hall–Kier alpha value is -3.86. The summed E-state index contributed by atoms with van der Waals surface area (Å²) in [6, 6.07) is 25.9. The highest BCUT2D eigenvalue weighted by Crippen LogP contribution is 2.34. The van der Waals surface area contributed by atoms with Crippen LogP contribution in [0.2, 0.25) is 0 Å². The average Bonchev–Trinajstić information content (AvgIpc) is 2.96. The van der Waals surface area contributed by atoms with Crippen LogP contribution in [0.1, 0.15) is 63.9 Å². The smallest absolute Gasteiger partial charge is 0.123 e. The number of rotatable bonds is 14. The van der Waals surface area contributed by atoms with Gasteiger partial charge in [0.1, 0.15) is 11.6 Å². The van der Waals surface area contributed by atoms with Gasteiger partial charge in [-0.3, -0.25) is 4.99 Å². The molecule has 0 aliphatic rings. The minimum absolute atomic E-state index is 0.294. The number of nitrogens with zero attached hydrogens (tertiary/aromatic N) is 3.